The molecule has 0 spiro atoms. The molecule has 4 heteroatoms. The highest BCUT2D eigenvalue weighted by atomic mass is 16.2. The van der Waals surface area contributed by atoms with Gasteiger partial charge in [0, 0.05) is 19.6 Å². The predicted molar refractivity (Wildman–Crippen MR) is 81.3 cm³/mol. The van der Waals surface area contributed by atoms with Crippen LogP contribution >= 0.6 is 0 Å². The van der Waals surface area contributed by atoms with E-state index in [1.54, 1.807) is 0 Å². The minimum atomic E-state index is 0.208. The fourth-order valence-electron chi connectivity index (χ4n) is 2.68. The molecule has 1 saturated heterocycles. The van der Waals surface area contributed by atoms with Crippen LogP contribution in [0.4, 0.5) is 0 Å². The maximum absolute atomic E-state index is 12.3. The van der Waals surface area contributed by atoms with Crippen molar-refractivity contribution in [3.63, 3.8) is 0 Å². The largest absolute Gasteiger partial charge is 0.342 e. The quantitative estimate of drug-likeness (QED) is 0.899. The average molecular weight is 275 g/mol. The molecule has 1 heterocycles. The summed E-state index contributed by atoms with van der Waals surface area (Å²) in [7, 11) is 4.07. The van der Waals surface area contributed by atoms with E-state index in [9.17, 15) is 4.79 Å². The molecule has 1 fully saturated rings. The highest BCUT2D eigenvalue weighted by molar-refractivity contribution is 5.78. The molecule has 2 rings (SSSR count). The number of carbonyl (C=O) groups excluding carboxylic acids is 1. The van der Waals surface area contributed by atoms with Crippen molar-refractivity contribution in [3.05, 3.63) is 35.4 Å². The lowest BCUT2D eigenvalue weighted by Crippen LogP contribution is -2.44. The standard InChI is InChI=1S/C16H25N3O/c1-18-9-7-15(8-10-18)19(2)16(20)11-13-3-5-14(12-17)6-4-13/h3-6,15H,7-12,17H2,1-2H3. The van der Waals surface area contributed by atoms with E-state index in [2.05, 4.69) is 11.9 Å². The van der Waals surface area contributed by atoms with Gasteiger partial charge < -0.3 is 15.5 Å². The molecule has 20 heavy (non-hydrogen) atoms. The van der Waals surface area contributed by atoms with E-state index in [-0.39, 0.29) is 5.91 Å². The van der Waals surface area contributed by atoms with Crippen molar-refractivity contribution < 1.29 is 4.79 Å². The first kappa shape index (κ1) is 15.0. The van der Waals surface area contributed by atoms with Gasteiger partial charge in [-0.25, -0.2) is 0 Å². The summed E-state index contributed by atoms with van der Waals surface area (Å²) in [5.41, 5.74) is 7.74. The highest BCUT2D eigenvalue weighted by Gasteiger charge is 2.23. The zero-order chi connectivity index (χ0) is 14.5. The number of amides is 1. The van der Waals surface area contributed by atoms with Gasteiger partial charge in [-0.1, -0.05) is 24.3 Å². The number of piperidine rings is 1. The predicted octanol–water partition coefficient (Wildman–Crippen LogP) is 1.24. The van der Waals surface area contributed by atoms with Gasteiger partial charge in [0.1, 0.15) is 0 Å². The molecule has 2 N–H and O–H groups in total. The van der Waals surface area contributed by atoms with Crippen molar-refractivity contribution in [2.75, 3.05) is 27.2 Å². The summed E-state index contributed by atoms with van der Waals surface area (Å²) in [6.45, 7) is 2.70. The lowest BCUT2D eigenvalue weighted by Gasteiger charge is -2.35. The van der Waals surface area contributed by atoms with Crippen LogP contribution in [0.25, 0.3) is 0 Å². The first-order chi connectivity index (χ1) is 9.60. The van der Waals surface area contributed by atoms with Crippen molar-refractivity contribution in [2.45, 2.75) is 31.8 Å². The van der Waals surface area contributed by atoms with Gasteiger partial charge in [-0.05, 0) is 44.1 Å². The number of likely N-dealkylation sites (tertiary alicyclic amines) is 1. The number of likely N-dealkylation sites (N-methyl/N-ethyl adjacent to an activating group) is 1. The Bertz CT molecular complexity index is 436. The third kappa shape index (κ3) is 3.81. The normalized spacial score (nSPS) is 17.1. The number of benzene rings is 1. The number of nitrogens with two attached hydrogens (primary N) is 1. The molecule has 1 aromatic rings. The topological polar surface area (TPSA) is 49.6 Å². The van der Waals surface area contributed by atoms with Crippen LogP contribution in [0.5, 0.6) is 0 Å². The Balaban J connectivity index is 1.89. The third-order valence-corrected chi connectivity index (χ3v) is 4.24. The molecule has 0 radical (unpaired) electrons. The molecule has 0 atom stereocenters. The Morgan fingerprint density at radius 1 is 1.25 bits per heavy atom. The molecule has 1 aliphatic rings. The number of hydrogen-bond acceptors (Lipinski definition) is 3. The first-order valence-corrected chi connectivity index (χ1v) is 7.32. The van der Waals surface area contributed by atoms with Gasteiger partial charge >= 0.3 is 0 Å². The molecule has 0 aliphatic carbocycles. The molecule has 1 amide bonds. The maximum Gasteiger partial charge on any atom is 0.226 e. The van der Waals surface area contributed by atoms with E-state index in [4.69, 9.17) is 5.73 Å². The van der Waals surface area contributed by atoms with Crippen LogP contribution in [0.3, 0.4) is 0 Å². The first-order valence-electron chi connectivity index (χ1n) is 7.32. The molecule has 1 aromatic carbocycles. The number of nitrogens with zero attached hydrogens (tertiary/aromatic N) is 2. The lowest BCUT2D eigenvalue weighted by molar-refractivity contribution is -0.132. The van der Waals surface area contributed by atoms with Crippen molar-refractivity contribution in [2.24, 2.45) is 5.73 Å². The molecule has 1 aliphatic heterocycles. The van der Waals surface area contributed by atoms with Crippen molar-refractivity contribution >= 4 is 5.91 Å². The number of carbonyl (C=O) groups is 1. The van der Waals surface area contributed by atoms with Gasteiger partial charge in [-0.15, -0.1) is 0 Å². The monoisotopic (exact) mass is 275 g/mol. The fraction of sp³-hybridized carbons (Fsp3) is 0.562. The Labute approximate surface area is 121 Å². The van der Waals surface area contributed by atoms with Gasteiger partial charge in [0.25, 0.3) is 0 Å². The maximum atomic E-state index is 12.3. The molecular weight excluding hydrogens is 250 g/mol. The Kier molecular flexibility index (Phi) is 5.15. The average Bonchev–Trinajstić information content (AvgIpc) is 2.48. The van der Waals surface area contributed by atoms with Crippen LogP contribution < -0.4 is 5.73 Å². The van der Waals surface area contributed by atoms with Gasteiger partial charge in [0.05, 0.1) is 6.42 Å². The van der Waals surface area contributed by atoms with Crippen LogP contribution in [0, 0.1) is 0 Å². The van der Waals surface area contributed by atoms with Crippen LogP contribution in [-0.4, -0.2) is 48.9 Å². The van der Waals surface area contributed by atoms with Gasteiger partial charge in [-0.2, -0.15) is 0 Å². The van der Waals surface area contributed by atoms with E-state index in [1.165, 1.54) is 0 Å². The molecule has 0 bridgehead atoms. The summed E-state index contributed by atoms with van der Waals surface area (Å²) < 4.78 is 0. The molecule has 110 valence electrons. The van der Waals surface area contributed by atoms with Gasteiger partial charge in [0.2, 0.25) is 5.91 Å². The summed E-state index contributed by atoms with van der Waals surface area (Å²) in [5.74, 6) is 0.208. The van der Waals surface area contributed by atoms with Crippen molar-refractivity contribution in [3.8, 4) is 0 Å². The molecule has 0 unspecified atom stereocenters. The highest BCUT2D eigenvalue weighted by Crippen LogP contribution is 2.15. The molecular formula is C16H25N3O. The second kappa shape index (κ2) is 6.86. The summed E-state index contributed by atoms with van der Waals surface area (Å²) in [4.78, 5) is 16.6. The number of hydrogen-bond donors (Lipinski definition) is 1. The summed E-state index contributed by atoms with van der Waals surface area (Å²) in [6.07, 6.45) is 2.63. The number of rotatable bonds is 4. The summed E-state index contributed by atoms with van der Waals surface area (Å²) in [6, 6.07) is 8.39. The summed E-state index contributed by atoms with van der Waals surface area (Å²) in [5, 5.41) is 0. The van der Waals surface area contributed by atoms with E-state index in [0.717, 1.165) is 37.1 Å². The van der Waals surface area contributed by atoms with Gasteiger partial charge in [0.15, 0.2) is 0 Å². The smallest absolute Gasteiger partial charge is 0.226 e. The van der Waals surface area contributed by atoms with Crippen molar-refractivity contribution in [1.29, 1.82) is 0 Å². The lowest BCUT2D eigenvalue weighted by atomic mass is 10.0. The Hall–Kier alpha value is -1.39. The van der Waals surface area contributed by atoms with E-state index < -0.39 is 0 Å². The van der Waals surface area contributed by atoms with E-state index >= 15 is 0 Å². The van der Waals surface area contributed by atoms with E-state index in [1.807, 2.05) is 36.2 Å². The van der Waals surface area contributed by atoms with E-state index in [0.29, 0.717) is 19.0 Å². The second-order valence-corrected chi connectivity index (χ2v) is 5.74. The van der Waals surface area contributed by atoms with Crippen molar-refractivity contribution in [1.82, 2.24) is 9.80 Å². The summed E-state index contributed by atoms with van der Waals surface area (Å²) >= 11 is 0. The van der Waals surface area contributed by atoms with Crippen LogP contribution in [0.1, 0.15) is 24.0 Å². The fourth-order valence-corrected chi connectivity index (χ4v) is 2.68. The molecule has 0 saturated carbocycles. The van der Waals surface area contributed by atoms with Crippen LogP contribution in [-0.2, 0) is 17.8 Å². The zero-order valence-electron chi connectivity index (χ0n) is 12.5. The Morgan fingerprint density at radius 2 is 1.80 bits per heavy atom. The molecule has 0 aromatic heterocycles. The SMILES string of the molecule is CN1CCC(N(C)C(=O)Cc2ccc(CN)cc2)CC1. The van der Waals surface area contributed by atoms with Gasteiger partial charge in [-0.3, -0.25) is 4.79 Å². The zero-order valence-corrected chi connectivity index (χ0v) is 12.5. The minimum Gasteiger partial charge on any atom is -0.342 e. The van der Waals surface area contributed by atoms with Crippen LogP contribution in [0.2, 0.25) is 0 Å². The van der Waals surface area contributed by atoms with Crippen LogP contribution in [0.15, 0.2) is 24.3 Å². The second-order valence-electron chi connectivity index (χ2n) is 5.74. The molecule has 4 nitrogen and oxygen atoms in total. The minimum absolute atomic E-state index is 0.208. The third-order valence-electron chi connectivity index (χ3n) is 4.24. The Morgan fingerprint density at radius 3 is 2.35 bits per heavy atom.